The van der Waals surface area contributed by atoms with Crippen LogP contribution in [0.1, 0.15) is 30.1 Å². The van der Waals surface area contributed by atoms with Gasteiger partial charge in [0.15, 0.2) is 11.9 Å². The van der Waals surface area contributed by atoms with Gasteiger partial charge in [0.25, 0.3) is 5.91 Å². The van der Waals surface area contributed by atoms with E-state index in [1.807, 2.05) is 18.2 Å². The fourth-order valence-electron chi connectivity index (χ4n) is 2.72. The highest BCUT2D eigenvalue weighted by Gasteiger charge is 2.28. The lowest BCUT2D eigenvalue weighted by atomic mass is 10.1. The second-order valence-electron chi connectivity index (χ2n) is 6.38. The third kappa shape index (κ3) is 3.31. The number of amides is 1. The van der Waals surface area contributed by atoms with Crippen LogP contribution in [0.5, 0.6) is 0 Å². The summed E-state index contributed by atoms with van der Waals surface area (Å²) in [6.07, 6.45) is 2.65. The van der Waals surface area contributed by atoms with Crippen LogP contribution in [0.25, 0.3) is 22.4 Å². The smallest absolute Gasteiger partial charge is 0.339 e. The molecule has 1 amide bonds. The molecule has 132 valence electrons. The van der Waals surface area contributed by atoms with Gasteiger partial charge in [0.2, 0.25) is 0 Å². The third-order valence-electron chi connectivity index (χ3n) is 4.29. The van der Waals surface area contributed by atoms with Crippen LogP contribution in [0.3, 0.4) is 0 Å². The van der Waals surface area contributed by atoms with Crippen LogP contribution >= 0.6 is 0 Å². The van der Waals surface area contributed by atoms with Gasteiger partial charge in [0.1, 0.15) is 5.69 Å². The van der Waals surface area contributed by atoms with E-state index in [0.717, 1.165) is 12.8 Å². The first kappa shape index (κ1) is 16.3. The van der Waals surface area contributed by atoms with E-state index in [0.29, 0.717) is 27.9 Å². The molecule has 4 rings (SSSR count). The van der Waals surface area contributed by atoms with Crippen molar-refractivity contribution < 1.29 is 18.7 Å². The van der Waals surface area contributed by atoms with E-state index >= 15 is 0 Å². The normalized spacial score (nSPS) is 14.8. The number of pyridine rings is 1. The largest absolute Gasteiger partial charge is 0.463 e. The Morgan fingerprint density at radius 3 is 2.77 bits per heavy atom. The van der Waals surface area contributed by atoms with Crippen molar-refractivity contribution >= 4 is 22.8 Å². The first-order chi connectivity index (χ1) is 12.6. The fourth-order valence-corrected chi connectivity index (χ4v) is 2.72. The van der Waals surface area contributed by atoms with Crippen LogP contribution in [-0.2, 0) is 9.53 Å². The molecule has 6 heteroatoms. The fraction of sp³-hybridized carbons (Fsp3) is 0.250. The Morgan fingerprint density at radius 2 is 2.04 bits per heavy atom. The molecule has 0 saturated heterocycles. The molecule has 1 aromatic carbocycles. The van der Waals surface area contributed by atoms with Crippen molar-refractivity contribution in [2.45, 2.75) is 31.9 Å². The topological polar surface area (TPSA) is 81.4 Å². The highest BCUT2D eigenvalue weighted by molar-refractivity contribution is 6.05. The number of esters is 1. The predicted molar refractivity (Wildman–Crippen MR) is 95.5 cm³/mol. The highest BCUT2D eigenvalue weighted by Crippen LogP contribution is 2.26. The van der Waals surface area contributed by atoms with Crippen LogP contribution < -0.4 is 5.32 Å². The minimum atomic E-state index is -0.859. The molecule has 2 heterocycles. The average Bonchev–Trinajstić information content (AvgIpc) is 3.29. The van der Waals surface area contributed by atoms with Crippen molar-refractivity contribution in [3.05, 3.63) is 54.3 Å². The van der Waals surface area contributed by atoms with E-state index in [1.54, 1.807) is 37.5 Å². The lowest BCUT2D eigenvalue weighted by molar-refractivity contribution is -0.129. The molecule has 2 aromatic heterocycles. The van der Waals surface area contributed by atoms with Crippen molar-refractivity contribution in [3.8, 4) is 11.5 Å². The molecule has 1 atom stereocenters. The standard InChI is InChI=1S/C20H18N2O4/c1-12(19(23)21-13-8-9-13)26-20(24)15-11-17(18-7-4-10-25-18)22-16-6-3-2-5-14(15)16/h2-7,10-13H,8-9H2,1H3,(H,21,23)/t12-/m0/s1. The molecule has 26 heavy (non-hydrogen) atoms. The van der Waals surface area contributed by atoms with Gasteiger partial charge in [0, 0.05) is 11.4 Å². The summed E-state index contributed by atoms with van der Waals surface area (Å²) in [5.74, 6) is -0.273. The van der Waals surface area contributed by atoms with Gasteiger partial charge in [-0.25, -0.2) is 9.78 Å². The number of ether oxygens (including phenoxy) is 1. The van der Waals surface area contributed by atoms with E-state index in [1.165, 1.54) is 0 Å². The van der Waals surface area contributed by atoms with Crippen LogP contribution in [0.15, 0.2) is 53.1 Å². The maximum absolute atomic E-state index is 12.7. The molecule has 1 aliphatic carbocycles. The summed E-state index contributed by atoms with van der Waals surface area (Å²) >= 11 is 0. The minimum absolute atomic E-state index is 0.218. The third-order valence-corrected chi connectivity index (χ3v) is 4.29. The Morgan fingerprint density at radius 1 is 1.23 bits per heavy atom. The van der Waals surface area contributed by atoms with Crippen LogP contribution in [-0.4, -0.2) is 29.0 Å². The Hall–Kier alpha value is -3.15. The summed E-state index contributed by atoms with van der Waals surface area (Å²) in [5, 5.41) is 3.51. The number of hydrogen-bond donors (Lipinski definition) is 1. The number of aromatic nitrogens is 1. The number of hydrogen-bond acceptors (Lipinski definition) is 5. The van der Waals surface area contributed by atoms with Gasteiger partial charge < -0.3 is 14.5 Å². The van der Waals surface area contributed by atoms with Crippen LogP contribution in [0.4, 0.5) is 0 Å². The number of furan rings is 1. The highest BCUT2D eigenvalue weighted by atomic mass is 16.5. The zero-order valence-corrected chi connectivity index (χ0v) is 14.3. The summed E-state index contributed by atoms with van der Waals surface area (Å²) in [4.78, 5) is 29.3. The zero-order valence-electron chi connectivity index (χ0n) is 14.3. The molecule has 6 nitrogen and oxygen atoms in total. The number of rotatable bonds is 5. The Kier molecular flexibility index (Phi) is 4.16. The molecule has 1 N–H and O–H groups in total. The second-order valence-corrected chi connectivity index (χ2v) is 6.38. The van der Waals surface area contributed by atoms with Gasteiger partial charge >= 0.3 is 5.97 Å². The lowest BCUT2D eigenvalue weighted by Crippen LogP contribution is -2.37. The first-order valence-electron chi connectivity index (χ1n) is 8.57. The molecule has 1 fully saturated rings. The van der Waals surface area contributed by atoms with E-state index in [4.69, 9.17) is 9.15 Å². The zero-order chi connectivity index (χ0) is 18.1. The predicted octanol–water partition coefficient (Wildman–Crippen LogP) is 3.32. The van der Waals surface area contributed by atoms with Gasteiger partial charge in [-0.15, -0.1) is 0 Å². The Balaban J connectivity index is 1.65. The summed E-state index contributed by atoms with van der Waals surface area (Å²) in [5.41, 5.74) is 1.55. The van der Waals surface area contributed by atoms with Crippen molar-refractivity contribution in [2.75, 3.05) is 0 Å². The lowest BCUT2D eigenvalue weighted by Gasteiger charge is -2.14. The van der Waals surface area contributed by atoms with Crippen molar-refractivity contribution in [1.29, 1.82) is 0 Å². The number of nitrogens with one attached hydrogen (secondary N) is 1. The van der Waals surface area contributed by atoms with E-state index < -0.39 is 12.1 Å². The Bertz CT molecular complexity index is 961. The molecule has 1 aliphatic rings. The van der Waals surface area contributed by atoms with Crippen molar-refractivity contribution in [2.24, 2.45) is 0 Å². The van der Waals surface area contributed by atoms with Gasteiger partial charge in [0.05, 0.1) is 17.3 Å². The van der Waals surface area contributed by atoms with Gasteiger partial charge in [-0.05, 0) is 44.0 Å². The van der Waals surface area contributed by atoms with Crippen LogP contribution in [0, 0.1) is 0 Å². The van der Waals surface area contributed by atoms with Crippen LogP contribution in [0.2, 0.25) is 0 Å². The number of fused-ring (bicyclic) bond motifs is 1. The first-order valence-corrected chi connectivity index (χ1v) is 8.57. The maximum Gasteiger partial charge on any atom is 0.339 e. The number of nitrogens with zero attached hydrogens (tertiary/aromatic N) is 1. The van der Waals surface area contributed by atoms with Gasteiger partial charge in [-0.1, -0.05) is 18.2 Å². The van der Waals surface area contributed by atoms with Gasteiger partial charge in [-0.3, -0.25) is 4.79 Å². The molecule has 1 saturated carbocycles. The average molecular weight is 350 g/mol. The summed E-state index contributed by atoms with van der Waals surface area (Å²) < 4.78 is 10.8. The summed E-state index contributed by atoms with van der Waals surface area (Å²) in [6, 6.07) is 12.7. The number of carbonyl (C=O) groups is 2. The summed E-state index contributed by atoms with van der Waals surface area (Å²) in [7, 11) is 0. The monoisotopic (exact) mass is 350 g/mol. The van der Waals surface area contributed by atoms with E-state index in [9.17, 15) is 9.59 Å². The van der Waals surface area contributed by atoms with Crippen molar-refractivity contribution in [1.82, 2.24) is 10.3 Å². The number of carbonyl (C=O) groups excluding carboxylic acids is 2. The molecule has 0 unspecified atom stereocenters. The number of para-hydroxylation sites is 1. The van der Waals surface area contributed by atoms with Crippen molar-refractivity contribution in [3.63, 3.8) is 0 Å². The van der Waals surface area contributed by atoms with E-state index in [2.05, 4.69) is 10.3 Å². The molecule has 0 spiro atoms. The SMILES string of the molecule is C[C@H](OC(=O)c1cc(-c2ccco2)nc2ccccc12)C(=O)NC1CC1. The Labute approximate surface area is 150 Å². The summed E-state index contributed by atoms with van der Waals surface area (Å²) in [6.45, 7) is 1.58. The molecule has 0 radical (unpaired) electrons. The quantitative estimate of drug-likeness (QED) is 0.714. The molecule has 3 aromatic rings. The van der Waals surface area contributed by atoms with Gasteiger partial charge in [-0.2, -0.15) is 0 Å². The molecular weight excluding hydrogens is 332 g/mol. The van der Waals surface area contributed by atoms with E-state index in [-0.39, 0.29) is 11.9 Å². The molecule has 0 aliphatic heterocycles. The molecular formula is C20H18N2O4. The maximum atomic E-state index is 12.7. The molecule has 0 bridgehead atoms. The minimum Gasteiger partial charge on any atom is -0.463 e. The number of benzene rings is 1. The second kappa shape index (κ2) is 6.63.